The maximum Gasteiger partial charge on any atom is 0.135 e. The molecule has 5 nitrogen and oxygen atoms in total. The molecule has 17 heavy (non-hydrogen) atoms. The van der Waals surface area contributed by atoms with Crippen LogP contribution in [-0.4, -0.2) is 34.0 Å². The van der Waals surface area contributed by atoms with Gasteiger partial charge in [0.15, 0.2) is 0 Å². The Morgan fingerprint density at radius 3 is 2.65 bits per heavy atom. The lowest BCUT2D eigenvalue weighted by molar-refractivity contribution is 0.158. The van der Waals surface area contributed by atoms with E-state index in [2.05, 4.69) is 10.4 Å². The molecule has 3 N–H and O–H groups in total. The number of nitrogens with one attached hydrogen (secondary N) is 1. The third-order valence-corrected chi connectivity index (χ3v) is 2.63. The Balaban J connectivity index is 3.10. The largest absolute Gasteiger partial charge is 0.389 e. The Morgan fingerprint density at radius 1 is 1.59 bits per heavy atom. The number of hydrogen-bond donors (Lipinski definition) is 2. The lowest BCUT2D eigenvalue weighted by Gasteiger charge is -2.27. The van der Waals surface area contributed by atoms with Crippen molar-refractivity contribution < 1.29 is 4.74 Å². The molecule has 0 spiro atoms. The number of nitrogens with two attached hydrogens (primary N) is 1. The number of rotatable bonds is 5. The zero-order valence-corrected chi connectivity index (χ0v) is 11.8. The Kier molecular flexibility index (Phi) is 4.11. The summed E-state index contributed by atoms with van der Waals surface area (Å²) in [6.07, 6.45) is 0. The zero-order chi connectivity index (χ0) is 13.2. The number of nitrogens with zero attached hydrogens (tertiary/aromatic N) is 2. The van der Waals surface area contributed by atoms with Gasteiger partial charge in [0.2, 0.25) is 0 Å². The van der Waals surface area contributed by atoms with Crippen LogP contribution in [0.1, 0.15) is 25.1 Å². The van der Waals surface area contributed by atoms with Crippen LogP contribution in [0.15, 0.2) is 0 Å². The van der Waals surface area contributed by atoms with E-state index in [1.165, 1.54) is 0 Å². The first-order chi connectivity index (χ1) is 7.78. The monoisotopic (exact) mass is 256 g/mol. The number of ether oxygens (including phenoxy) is 1. The van der Waals surface area contributed by atoms with Crippen LogP contribution >= 0.6 is 12.2 Å². The first-order valence-corrected chi connectivity index (χ1v) is 5.80. The molecule has 6 heteroatoms. The van der Waals surface area contributed by atoms with Gasteiger partial charge in [-0.15, -0.1) is 0 Å². The van der Waals surface area contributed by atoms with E-state index in [1.807, 2.05) is 27.8 Å². The van der Waals surface area contributed by atoms with Crippen molar-refractivity contribution in [2.75, 3.05) is 19.0 Å². The fraction of sp³-hybridized carbons (Fsp3) is 0.636. The van der Waals surface area contributed by atoms with E-state index in [-0.39, 0.29) is 5.54 Å². The van der Waals surface area contributed by atoms with Gasteiger partial charge >= 0.3 is 0 Å². The first-order valence-electron chi connectivity index (χ1n) is 5.39. The third kappa shape index (κ3) is 3.17. The maximum absolute atomic E-state index is 5.73. The van der Waals surface area contributed by atoms with E-state index in [4.69, 9.17) is 22.7 Å². The summed E-state index contributed by atoms with van der Waals surface area (Å²) >= 11 is 5.06. The number of thiocarbonyl (C=S) groups is 1. The van der Waals surface area contributed by atoms with Crippen LogP contribution in [0.3, 0.4) is 0 Å². The average molecular weight is 256 g/mol. The first kappa shape index (κ1) is 13.9. The summed E-state index contributed by atoms with van der Waals surface area (Å²) in [6.45, 7) is 6.56. The number of methoxy groups -OCH3 is 1. The van der Waals surface area contributed by atoms with Gasteiger partial charge in [0.25, 0.3) is 0 Å². The van der Waals surface area contributed by atoms with Crippen LogP contribution in [-0.2, 0) is 11.8 Å². The minimum atomic E-state index is -0.214. The highest BCUT2D eigenvalue weighted by molar-refractivity contribution is 7.80. The molecule has 96 valence electrons. The van der Waals surface area contributed by atoms with Gasteiger partial charge in [-0.25, -0.2) is 0 Å². The fourth-order valence-corrected chi connectivity index (χ4v) is 2.06. The van der Waals surface area contributed by atoms with Crippen LogP contribution < -0.4 is 11.1 Å². The Hall–Kier alpha value is -1.14. The van der Waals surface area contributed by atoms with E-state index < -0.39 is 0 Å². The molecule has 1 aromatic rings. The summed E-state index contributed by atoms with van der Waals surface area (Å²) in [5, 5.41) is 7.69. The molecule has 1 rings (SSSR count). The molecule has 0 saturated heterocycles. The molecular weight excluding hydrogens is 236 g/mol. The van der Waals surface area contributed by atoms with Crippen LogP contribution in [0.4, 0.5) is 5.82 Å². The minimum absolute atomic E-state index is 0.214. The number of aryl methyl sites for hydroxylation is 2. The van der Waals surface area contributed by atoms with Crippen LogP contribution in [0.5, 0.6) is 0 Å². The molecule has 0 aromatic carbocycles. The smallest absolute Gasteiger partial charge is 0.135 e. The van der Waals surface area contributed by atoms with Crippen LogP contribution in [0, 0.1) is 6.92 Å². The lowest BCUT2D eigenvalue weighted by Crippen LogP contribution is -2.37. The standard InChI is InChI=1S/C11H20N4OS/c1-7-8(9(12)17)10(15(4)14-7)13-11(2,3)6-16-5/h13H,6H2,1-5H3,(H2,12,17). The highest BCUT2D eigenvalue weighted by atomic mass is 32.1. The molecule has 0 bridgehead atoms. The second-order valence-electron chi connectivity index (χ2n) is 4.74. The molecule has 0 amide bonds. The van der Waals surface area contributed by atoms with E-state index in [1.54, 1.807) is 11.8 Å². The van der Waals surface area contributed by atoms with Gasteiger partial charge in [-0.1, -0.05) is 12.2 Å². The Morgan fingerprint density at radius 2 is 2.18 bits per heavy atom. The lowest BCUT2D eigenvalue weighted by atomic mass is 10.1. The molecule has 0 aliphatic heterocycles. The van der Waals surface area contributed by atoms with Gasteiger partial charge in [0, 0.05) is 14.2 Å². The van der Waals surface area contributed by atoms with Crippen molar-refractivity contribution in [1.29, 1.82) is 0 Å². The summed E-state index contributed by atoms with van der Waals surface area (Å²) in [5.41, 5.74) is 7.14. The molecular formula is C11H20N4OS. The van der Waals surface area contributed by atoms with Crippen molar-refractivity contribution in [2.24, 2.45) is 12.8 Å². The molecule has 0 atom stereocenters. The molecule has 1 aromatic heterocycles. The van der Waals surface area contributed by atoms with E-state index in [9.17, 15) is 0 Å². The average Bonchev–Trinajstić information content (AvgIpc) is 2.40. The number of anilines is 1. The quantitative estimate of drug-likeness (QED) is 0.775. The third-order valence-electron chi connectivity index (χ3n) is 2.43. The van der Waals surface area contributed by atoms with Gasteiger partial charge in [-0.2, -0.15) is 5.10 Å². The predicted octanol–water partition coefficient (Wildman–Crippen LogP) is 1.20. The van der Waals surface area contributed by atoms with Gasteiger partial charge < -0.3 is 15.8 Å². The molecule has 0 fully saturated rings. The number of hydrogen-bond acceptors (Lipinski definition) is 4. The Labute approximate surface area is 107 Å². The SMILES string of the molecule is COCC(C)(C)Nc1c(C(N)=S)c(C)nn1C. The normalized spacial score (nSPS) is 11.6. The maximum atomic E-state index is 5.73. The summed E-state index contributed by atoms with van der Waals surface area (Å²) in [5.74, 6) is 0.831. The van der Waals surface area contributed by atoms with Crippen molar-refractivity contribution >= 4 is 23.0 Å². The second-order valence-corrected chi connectivity index (χ2v) is 5.18. The van der Waals surface area contributed by atoms with Crippen LogP contribution in [0.25, 0.3) is 0 Å². The highest BCUT2D eigenvalue weighted by Crippen LogP contribution is 2.22. The number of aromatic nitrogens is 2. The summed E-state index contributed by atoms with van der Waals surface area (Å²) in [4.78, 5) is 0.353. The van der Waals surface area contributed by atoms with Crippen LogP contribution in [0.2, 0.25) is 0 Å². The molecule has 0 aliphatic rings. The topological polar surface area (TPSA) is 65.1 Å². The summed E-state index contributed by atoms with van der Waals surface area (Å²) < 4.78 is 6.92. The highest BCUT2D eigenvalue weighted by Gasteiger charge is 2.23. The van der Waals surface area contributed by atoms with E-state index >= 15 is 0 Å². The van der Waals surface area contributed by atoms with Crippen molar-refractivity contribution in [3.05, 3.63) is 11.3 Å². The van der Waals surface area contributed by atoms with Crippen molar-refractivity contribution in [3.63, 3.8) is 0 Å². The predicted molar refractivity (Wildman–Crippen MR) is 73.4 cm³/mol. The molecule has 0 saturated carbocycles. The van der Waals surface area contributed by atoms with Crippen molar-refractivity contribution in [1.82, 2.24) is 9.78 Å². The molecule has 0 radical (unpaired) electrons. The minimum Gasteiger partial charge on any atom is -0.389 e. The molecule has 0 unspecified atom stereocenters. The summed E-state index contributed by atoms with van der Waals surface area (Å²) in [7, 11) is 3.53. The van der Waals surface area contributed by atoms with Gasteiger partial charge in [-0.3, -0.25) is 4.68 Å². The molecule has 1 heterocycles. The second kappa shape index (κ2) is 5.01. The van der Waals surface area contributed by atoms with E-state index in [0.29, 0.717) is 11.6 Å². The zero-order valence-electron chi connectivity index (χ0n) is 11.0. The fourth-order valence-electron chi connectivity index (χ4n) is 1.81. The molecule has 0 aliphatic carbocycles. The van der Waals surface area contributed by atoms with Crippen molar-refractivity contribution in [2.45, 2.75) is 26.3 Å². The summed E-state index contributed by atoms with van der Waals surface area (Å²) in [6, 6.07) is 0. The van der Waals surface area contributed by atoms with Gasteiger partial charge in [0.05, 0.1) is 23.4 Å². The van der Waals surface area contributed by atoms with Gasteiger partial charge in [0.1, 0.15) is 10.8 Å². The Bertz CT molecular complexity index is 425. The van der Waals surface area contributed by atoms with Gasteiger partial charge in [-0.05, 0) is 20.8 Å². The van der Waals surface area contributed by atoms with Crippen molar-refractivity contribution in [3.8, 4) is 0 Å². The van der Waals surface area contributed by atoms with E-state index in [0.717, 1.165) is 17.1 Å².